The van der Waals surface area contributed by atoms with Gasteiger partial charge in [-0.2, -0.15) is 0 Å². The predicted octanol–water partition coefficient (Wildman–Crippen LogP) is 1.85. The number of hydrogen-bond donors (Lipinski definition) is 2. The van der Waals surface area contributed by atoms with Crippen molar-refractivity contribution in [3.05, 3.63) is 35.9 Å². The van der Waals surface area contributed by atoms with Crippen LogP contribution in [0.3, 0.4) is 0 Å². The number of likely N-dealkylation sites (tertiary alicyclic amines) is 1. The van der Waals surface area contributed by atoms with E-state index in [-0.39, 0.29) is 11.9 Å². The van der Waals surface area contributed by atoms with Gasteiger partial charge in [0.1, 0.15) is 5.54 Å². The molecule has 0 radical (unpaired) electrons. The van der Waals surface area contributed by atoms with Crippen LogP contribution in [0.15, 0.2) is 30.3 Å². The first kappa shape index (κ1) is 16.0. The molecule has 2 rings (SSSR count). The van der Waals surface area contributed by atoms with Crippen molar-refractivity contribution in [2.75, 3.05) is 19.6 Å². The molecule has 4 heteroatoms. The van der Waals surface area contributed by atoms with Gasteiger partial charge in [0.15, 0.2) is 0 Å². The Hall–Kier alpha value is -1.39. The van der Waals surface area contributed by atoms with Crippen molar-refractivity contribution in [2.45, 2.75) is 44.7 Å². The van der Waals surface area contributed by atoms with Gasteiger partial charge < -0.3 is 10.6 Å². The topological polar surface area (TPSA) is 58.4 Å². The summed E-state index contributed by atoms with van der Waals surface area (Å²) in [6.45, 7) is 7.27. The molecule has 1 amide bonds. The summed E-state index contributed by atoms with van der Waals surface area (Å²) < 4.78 is 0. The highest BCUT2D eigenvalue weighted by Crippen LogP contribution is 2.27. The van der Waals surface area contributed by atoms with Gasteiger partial charge in [-0.3, -0.25) is 10.1 Å². The third-order valence-corrected chi connectivity index (χ3v) is 4.22. The first-order valence-electron chi connectivity index (χ1n) is 7.90. The van der Waals surface area contributed by atoms with Gasteiger partial charge in [0.25, 0.3) is 0 Å². The Balaban J connectivity index is 2.24. The molecule has 1 unspecified atom stereocenters. The number of primary amides is 1. The summed E-state index contributed by atoms with van der Waals surface area (Å²) in [6.07, 6.45) is 3.23. The molecule has 0 aromatic heterocycles. The molecule has 4 nitrogen and oxygen atoms in total. The zero-order valence-corrected chi connectivity index (χ0v) is 13.1. The van der Waals surface area contributed by atoms with Crippen LogP contribution in [0.2, 0.25) is 0 Å². The summed E-state index contributed by atoms with van der Waals surface area (Å²) in [5.74, 6) is -0.290. The molecule has 21 heavy (non-hydrogen) atoms. The molecule has 1 fully saturated rings. The average molecular weight is 289 g/mol. The van der Waals surface area contributed by atoms with Crippen LogP contribution in [0.1, 0.15) is 38.7 Å². The number of rotatable bonds is 7. The monoisotopic (exact) mass is 289 g/mol. The minimum Gasteiger partial charge on any atom is -0.368 e. The quantitative estimate of drug-likeness (QED) is 0.805. The minimum atomic E-state index is -0.780. The lowest BCUT2D eigenvalue weighted by molar-refractivity contribution is -0.125. The maximum atomic E-state index is 12.3. The maximum absolute atomic E-state index is 12.3. The van der Waals surface area contributed by atoms with Crippen molar-refractivity contribution < 1.29 is 4.79 Å². The summed E-state index contributed by atoms with van der Waals surface area (Å²) in [6, 6.07) is 10.1. The fourth-order valence-corrected chi connectivity index (χ4v) is 3.18. The Morgan fingerprint density at radius 3 is 2.43 bits per heavy atom. The van der Waals surface area contributed by atoms with E-state index in [0.717, 1.165) is 25.2 Å². The van der Waals surface area contributed by atoms with Crippen molar-refractivity contribution in [1.29, 1.82) is 0 Å². The Morgan fingerprint density at radius 1 is 1.29 bits per heavy atom. The van der Waals surface area contributed by atoms with Crippen LogP contribution in [0.5, 0.6) is 0 Å². The second kappa shape index (κ2) is 7.05. The molecule has 1 heterocycles. The zero-order chi connectivity index (χ0) is 15.3. The van der Waals surface area contributed by atoms with E-state index in [2.05, 4.69) is 24.1 Å². The lowest BCUT2D eigenvalue weighted by Gasteiger charge is -2.35. The van der Waals surface area contributed by atoms with Gasteiger partial charge in [0.05, 0.1) is 0 Å². The summed E-state index contributed by atoms with van der Waals surface area (Å²) in [5, 5.41) is 3.43. The van der Waals surface area contributed by atoms with Gasteiger partial charge in [-0.1, -0.05) is 30.3 Å². The van der Waals surface area contributed by atoms with Crippen LogP contribution in [0.25, 0.3) is 0 Å². The standard InChI is InChI=1S/C17H27N3O/c1-14(2)19-17(16(18)21,15-8-4-3-5-9-15)10-13-20-11-6-7-12-20/h3-5,8-9,14,19H,6-7,10-13H2,1-2H3,(H2,18,21). The fraction of sp³-hybridized carbons (Fsp3) is 0.588. The number of nitrogens with zero attached hydrogens (tertiary/aromatic N) is 1. The van der Waals surface area contributed by atoms with Gasteiger partial charge in [-0.25, -0.2) is 0 Å². The lowest BCUT2D eigenvalue weighted by Crippen LogP contribution is -2.56. The van der Waals surface area contributed by atoms with Crippen LogP contribution in [-0.2, 0) is 10.3 Å². The van der Waals surface area contributed by atoms with E-state index in [9.17, 15) is 4.79 Å². The van der Waals surface area contributed by atoms with Crippen LogP contribution in [-0.4, -0.2) is 36.5 Å². The molecule has 1 aromatic rings. The molecule has 0 bridgehead atoms. The Bertz CT molecular complexity index is 454. The molecule has 1 aliphatic heterocycles. The molecule has 1 saturated heterocycles. The summed E-state index contributed by atoms with van der Waals surface area (Å²) in [4.78, 5) is 14.7. The van der Waals surface area contributed by atoms with E-state index in [4.69, 9.17) is 5.73 Å². The third-order valence-electron chi connectivity index (χ3n) is 4.22. The second-order valence-corrected chi connectivity index (χ2v) is 6.23. The fourth-order valence-electron chi connectivity index (χ4n) is 3.18. The highest BCUT2D eigenvalue weighted by Gasteiger charge is 2.39. The molecule has 0 saturated carbocycles. The van der Waals surface area contributed by atoms with Crippen LogP contribution in [0.4, 0.5) is 0 Å². The third kappa shape index (κ3) is 3.83. The first-order valence-corrected chi connectivity index (χ1v) is 7.90. The lowest BCUT2D eigenvalue weighted by atomic mass is 9.84. The number of nitrogens with two attached hydrogens (primary N) is 1. The van der Waals surface area contributed by atoms with Crippen LogP contribution < -0.4 is 11.1 Å². The van der Waals surface area contributed by atoms with E-state index in [1.807, 2.05) is 30.3 Å². The Labute approximate surface area is 127 Å². The smallest absolute Gasteiger partial charge is 0.242 e. The average Bonchev–Trinajstić information content (AvgIpc) is 2.97. The Kier molecular flexibility index (Phi) is 5.37. The Morgan fingerprint density at radius 2 is 1.90 bits per heavy atom. The van der Waals surface area contributed by atoms with Crippen molar-refractivity contribution in [2.24, 2.45) is 5.73 Å². The normalized spacial score (nSPS) is 18.8. The minimum absolute atomic E-state index is 0.191. The highest BCUT2D eigenvalue weighted by molar-refractivity contribution is 5.86. The predicted molar refractivity (Wildman–Crippen MR) is 85.9 cm³/mol. The van der Waals surface area contributed by atoms with E-state index < -0.39 is 5.54 Å². The van der Waals surface area contributed by atoms with Crippen LogP contribution in [0, 0.1) is 0 Å². The molecule has 1 aromatic carbocycles. The molecule has 116 valence electrons. The summed E-state index contributed by atoms with van der Waals surface area (Å²) in [5.41, 5.74) is 6.00. The SMILES string of the molecule is CC(C)NC(CCN1CCCC1)(C(N)=O)c1ccccc1. The van der Waals surface area contributed by atoms with Gasteiger partial charge in [0.2, 0.25) is 5.91 Å². The molecule has 0 aliphatic carbocycles. The summed E-state index contributed by atoms with van der Waals surface area (Å²) >= 11 is 0. The van der Waals surface area contributed by atoms with Gasteiger partial charge in [0, 0.05) is 12.6 Å². The van der Waals surface area contributed by atoms with E-state index in [0.29, 0.717) is 6.42 Å². The number of carbonyl (C=O) groups is 1. The number of hydrogen-bond acceptors (Lipinski definition) is 3. The van der Waals surface area contributed by atoms with Gasteiger partial charge in [-0.15, -0.1) is 0 Å². The number of amides is 1. The maximum Gasteiger partial charge on any atom is 0.242 e. The number of carbonyl (C=O) groups excluding carboxylic acids is 1. The molecular weight excluding hydrogens is 262 g/mol. The van der Waals surface area contributed by atoms with Gasteiger partial charge >= 0.3 is 0 Å². The van der Waals surface area contributed by atoms with Crippen LogP contribution >= 0.6 is 0 Å². The van der Waals surface area contributed by atoms with Crippen molar-refractivity contribution in [3.63, 3.8) is 0 Å². The number of benzene rings is 1. The molecular formula is C17H27N3O. The van der Waals surface area contributed by atoms with Gasteiger partial charge in [-0.05, 0) is 51.8 Å². The van der Waals surface area contributed by atoms with E-state index >= 15 is 0 Å². The van der Waals surface area contributed by atoms with E-state index in [1.54, 1.807) is 0 Å². The largest absolute Gasteiger partial charge is 0.368 e. The number of nitrogens with one attached hydrogen (secondary N) is 1. The second-order valence-electron chi connectivity index (χ2n) is 6.23. The van der Waals surface area contributed by atoms with Crippen molar-refractivity contribution >= 4 is 5.91 Å². The first-order chi connectivity index (χ1) is 10.0. The van der Waals surface area contributed by atoms with E-state index in [1.165, 1.54) is 12.8 Å². The molecule has 1 aliphatic rings. The van der Waals surface area contributed by atoms with Crippen molar-refractivity contribution in [3.8, 4) is 0 Å². The molecule has 3 N–H and O–H groups in total. The molecule has 0 spiro atoms. The molecule has 1 atom stereocenters. The van der Waals surface area contributed by atoms with Crippen molar-refractivity contribution in [1.82, 2.24) is 10.2 Å². The zero-order valence-electron chi connectivity index (χ0n) is 13.1. The summed E-state index contributed by atoms with van der Waals surface area (Å²) in [7, 11) is 0. The highest BCUT2D eigenvalue weighted by atomic mass is 16.1.